The van der Waals surface area contributed by atoms with Crippen LogP contribution in [0.4, 0.5) is 4.39 Å². The largest absolute Gasteiger partial charge is 0.493 e. The minimum atomic E-state index is -0.810. The van der Waals surface area contributed by atoms with E-state index in [1.807, 2.05) is 6.07 Å². The van der Waals surface area contributed by atoms with Crippen molar-refractivity contribution in [2.75, 3.05) is 13.7 Å². The van der Waals surface area contributed by atoms with Crippen molar-refractivity contribution >= 4 is 5.97 Å². The summed E-state index contributed by atoms with van der Waals surface area (Å²) in [6.07, 6.45) is 0.487. The van der Waals surface area contributed by atoms with E-state index < -0.39 is 17.7 Å². The number of hydrogen-bond donors (Lipinski definition) is 2. The molecule has 0 bridgehead atoms. The number of methoxy groups -OCH3 is 1. The second kappa shape index (κ2) is 4.94. The standard InChI is InChI=1S/C13H16FNO3/c1-7-3-8(4-10(14)12(7)18-2)11-5-9(6-15-11)13(16)17/h3-4,9,11,15H,5-6H2,1-2H3,(H,16,17). The number of benzene rings is 1. The lowest BCUT2D eigenvalue weighted by Crippen LogP contribution is -2.17. The van der Waals surface area contributed by atoms with E-state index in [0.29, 0.717) is 18.5 Å². The lowest BCUT2D eigenvalue weighted by Gasteiger charge is -2.14. The molecule has 98 valence electrons. The minimum absolute atomic E-state index is 0.106. The highest BCUT2D eigenvalue weighted by molar-refractivity contribution is 5.70. The molecule has 1 saturated heterocycles. The maximum absolute atomic E-state index is 13.8. The molecule has 2 atom stereocenters. The van der Waals surface area contributed by atoms with Crippen LogP contribution in [0.5, 0.6) is 5.75 Å². The van der Waals surface area contributed by atoms with Crippen molar-refractivity contribution in [1.82, 2.24) is 5.32 Å². The third-order valence-corrected chi connectivity index (χ3v) is 3.34. The molecule has 2 unspecified atom stereocenters. The van der Waals surface area contributed by atoms with Gasteiger partial charge in [-0.3, -0.25) is 4.79 Å². The summed E-state index contributed by atoms with van der Waals surface area (Å²) in [4.78, 5) is 10.9. The van der Waals surface area contributed by atoms with Gasteiger partial charge in [-0.15, -0.1) is 0 Å². The highest BCUT2D eigenvalue weighted by Crippen LogP contribution is 2.32. The van der Waals surface area contributed by atoms with Gasteiger partial charge in [0.2, 0.25) is 0 Å². The van der Waals surface area contributed by atoms with Crippen LogP contribution in [0, 0.1) is 18.7 Å². The lowest BCUT2D eigenvalue weighted by molar-refractivity contribution is -0.141. The maximum atomic E-state index is 13.8. The molecule has 0 radical (unpaired) electrons. The summed E-state index contributed by atoms with van der Waals surface area (Å²) in [5, 5.41) is 12.0. The summed E-state index contributed by atoms with van der Waals surface area (Å²) in [6.45, 7) is 2.20. The van der Waals surface area contributed by atoms with Gasteiger partial charge in [0.05, 0.1) is 13.0 Å². The van der Waals surface area contributed by atoms with Crippen LogP contribution in [0.25, 0.3) is 0 Å². The lowest BCUT2D eigenvalue weighted by atomic mass is 9.98. The molecule has 1 heterocycles. The summed E-state index contributed by atoms with van der Waals surface area (Å²) < 4.78 is 18.7. The van der Waals surface area contributed by atoms with Crippen molar-refractivity contribution in [1.29, 1.82) is 0 Å². The molecule has 18 heavy (non-hydrogen) atoms. The Balaban J connectivity index is 2.23. The first-order chi connectivity index (χ1) is 8.52. The number of nitrogens with one attached hydrogen (secondary N) is 1. The number of aliphatic carboxylic acids is 1. The fourth-order valence-corrected chi connectivity index (χ4v) is 2.39. The minimum Gasteiger partial charge on any atom is -0.493 e. The second-order valence-corrected chi connectivity index (χ2v) is 4.58. The monoisotopic (exact) mass is 253 g/mol. The van der Waals surface area contributed by atoms with Gasteiger partial charge >= 0.3 is 5.97 Å². The fraction of sp³-hybridized carbons (Fsp3) is 0.462. The molecule has 4 nitrogen and oxygen atoms in total. The van der Waals surface area contributed by atoms with Gasteiger partial charge in [0, 0.05) is 12.6 Å². The average molecular weight is 253 g/mol. The van der Waals surface area contributed by atoms with Crippen LogP contribution in [0.2, 0.25) is 0 Å². The van der Waals surface area contributed by atoms with Crippen LogP contribution < -0.4 is 10.1 Å². The molecule has 5 heteroatoms. The highest BCUT2D eigenvalue weighted by Gasteiger charge is 2.30. The molecule has 0 aliphatic carbocycles. The topological polar surface area (TPSA) is 58.6 Å². The van der Waals surface area contributed by atoms with Crippen molar-refractivity contribution in [3.63, 3.8) is 0 Å². The molecule has 0 saturated carbocycles. The summed E-state index contributed by atoms with van der Waals surface area (Å²) in [7, 11) is 1.43. The number of ether oxygens (including phenoxy) is 1. The quantitative estimate of drug-likeness (QED) is 0.863. The molecule has 1 aliphatic heterocycles. The molecule has 0 amide bonds. The number of carboxylic acids is 1. The third kappa shape index (κ3) is 2.31. The molecule has 1 aromatic carbocycles. The predicted molar refractivity (Wildman–Crippen MR) is 64.2 cm³/mol. The average Bonchev–Trinajstić information content (AvgIpc) is 2.77. The molecule has 2 rings (SSSR count). The second-order valence-electron chi connectivity index (χ2n) is 4.58. The van der Waals surface area contributed by atoms with Gasteiger partial charge in [0.1, 0.15) is 0 Å². The van der Waals surface area contributed by atoms with Crippen molar-refractivity contribution < 1.29 is 19.0 Å². The molecule has 1 fully saturated rings. The van der Waals surface area contributed by atoms with Gasteiger partial charge in [0.15, 0.2) is 11.6 Å². The van der Waals surface area contributed by atoms with E-state index in [0.717, 1.165) is 5.56 Å². The van der Waals surface area contributed by atoms with Gasteiger partial charge in [-0.1, -0.05) is 6.07 Å². The van der Waals surface area contributed by atoms with Crippen LogP contribution in [-0.2, 0) is 4.79 Å². The van der Waals surface area contributed by atoms with Crippen LogP contribution in [0.3, 0.4) is 0 Å². The Morgan fingerprint density at radius 2 is 2.28 bits per heavy atom. The highest BCUT2D eigenvalue weighted by atomic mass is 19.1. The zero-order valence-corrected chi connectivity index (χ0v) is 10.4. The zero-order chi connectivity index (χ0) is 13.3. The maximum Gasteiger partial charge on any atom is 0.307 e. The van der Waals surface area contributed by atoms with Crippen LogP contribution >= 0.6 is 0 Å². The molecule has 2 N–H and O–H groups in total. The van der Waals surface area contributed by atoms with Gasteiger partial charge in [-0.05, 0) is 30.5 Å². The Labute approximate surface area is 105 Å². The SMILES string of the molecule is COc1c(C)cc(C2CC(C(=O)O)CN2)cc1F. The number of rotatable bonds is 3. The van der Waals surface area contributed by atoms with E-state index in [1.165, 1.54) is 13.2 Å². The number of halogens is 1. The van der Waals surface area contributed by atoms with Crippen molar-refractivity contribution in [2.24, 2.45) is 5.92 Å². The van der Waals surface area contributed by atoms with Crippen molar-refractivity contribution in [3.05, 3.63) is 29.1 Å². The number of aryl methyl sites for hydroxylation is 1. The molecule has 1 aliphatic rings. The predicted octanol–water partition coefficient (Wildman–Crippen LogP) is 1.88. The third-order valence-electron chi connectivity index (χ3n) is 3.34. The zero-order valence-electron chi connectivity index (χ0n) is 10.4. The Morgan fingerprint density at radius 3 is 2.78 bits per heavy atom. The first-order valence-electron chi connectivity index (χ1n) is 5.83. The van der Waals surface area contributed by atoms with Crippen LogP contribution in [0.15, 0.2) is 12.1 Å². The van der Waals surface area contributed by atoms with E-state index >= 15 is 0 Å². The Morgan fingerprint density at radius 1 is 1.56 bits per heavy atom. The summed E-state index contributed by atoms with van der Waals surface area (Å²) in [6, 6.07) is 3.14. The fourth-order valence-electron chi connectivity index (χ4n) is 2.39. The van der Waals surface area contributed by atoms with Crippen molar-refractivity contribution in [3.8, 4) is 5.75 Å². The Bertz CT molecular complexity index is 452. The van der Waals surface area contributed by atoms with Gasteiger partial charge in [-0.25, -0.2) is 4.39 Å². The number of carboxylic acid groups (broad SMARTS) is 1. The Kier molecular flexibility index (Phi) is 3.52. The normalized spacial score (nSPS) is 23.1. The van der Waals surface area contributed by atoms with E-state index in [4.69, 9.17) is 9.84 Å². The van der Waals surface area contributed by atoms with Gasteiger partial charge < -0.3 is 15.2 Å². The first-order valence-corrected chi connectivity index (χ1v) is 5.83. The van der Waals surface area contributed by atoms with E-state index in [-0.39, 0.29) is 11.8 Å². The summed E-state index contributed by atoms with van der Waals surface area (Å²) in [5.41, 5.74) is 1.49. The van der Waals surface area contributed by atoms with Crippen LogP contribution in [0.1, 0.15) is 23.6 Å². The van der Waals surface area contributed by atoms with Crippen molar-refractivity contribution in [2.45, 2.75) is 19.4 Å². The van der Waals surface area contributed by atoms with Crippen LogP contribution in [-0.4, -0.2) is 24.7 Å². The Hall–Kier alpha value is -1.62. The van der Waals surface area contributed by atoms with Gasteiger partial charge in [0.25, 0.3) is 0 Å². The molecule has 0 spiro atoms. The van der Waals surface area contributed by atoms with E-state index in [2.05, 4.69) is 5.32 Å². The first kappa shape index (κ1) is 12.8. The smallest absolute Gasteiger partial charge is 0.307 e. The summed E-state index contributed by atoms with van der Waals surface area (Å²) >= 11 is 0. The molecular weight excluding hydrogens is 237 g/mol. The molecular formula is C13H16FNO3. The molecule has 1 aromatic rings. The van der Waals surface area contributed by atoms with E-state index in [9.17, 15) is 9.18 Å². The number of carbonyl (C=O) groups is 1. The van der Waals surface area contributed by atoms with E-state index in [1.54, 1.807) is 6.92 Å². The number of hydrogen-bond acceptors (Lipinski definition) is 3. The summed E-state index contributed by atoms with van der Waals surface area (Å²) in [5.74, 6) is -1.38. The van der Waals surface area contributed by atoms with Gasteiger partial charge in [-0.2, -0.15) is 0 Å². The molecule has 0 aromatic heterocycles.